The van der Waals surface area contributed by atoms with Gasteiger partial charge in [-0.15, -0.1) is 0 Å². The summed E-state index contributed by atoms with van der Waals surface area (Å²) in [7, 11) is 1.32. The van der Waals surface area contributed by atoms with E-state index in [1.54, 1.807) is 77.1 Å². The molecule has 0 bridgehead atoms. The molecule has 0 saturated heterocycles. The van der Waals surface area contributed by atoms with Gasteiger partial charge in [0, 0.05) is 20.6 Å². The lowest BCUT2D eigenvalue weighted by Crippen LogP contribution is -2.38. The number of ether oxygens (including phenoxy) is 3. The summed E-state index contributed by atoms with van der Waals surface area (Å²) in [4.78, 5) is 39.4. The average Bonchev–Trinajstić information content (AvgIpc) is 3.01. The smallest absolute Gasteiger partial charge is 0.422 e. The van der Waals surface area contributed by atoms with E-state index in [0.29, 0.717) is 27.6 Å². The molecule has 0 fully saturated rings. The number of nitrogens with zero attached hydrogens (tertiary/aromatic N) is 1. The Balaban J connectivity index is 2.05. The molecule has 0 unspecified atom stereocenters. The van der Waals surface area contributed by atoms with Gasteiger partial charge in [-0.05, 0) is 71.0 Å². The standard InChI is InChI=1S/C26H27BrClNO6/c1-25(2,3)35-24(32)29-20-13-17(28)8-9-18(20)19(22(29)30)12-15-11-16(27)7-10-21(15)34-14-26(4,5)23(31)33-6/h7-13H,14H2,1-6H3/b19-12+. The maximum Gasteiger partial charge on any atom is 0.422 e. The molecule has 1 aliphatic heterocycles. The van der Waals surface area contributed by atoms with E-state index in [4.69, 9.17) is 25.8 Å². The minimum Gasteiger partial charge on any atom is -0.492 e. The van der Waals surface area contributed by atoms with Crippen LogP contribution in [0.5, 0.6) is 5.75 Å². The molecule has 3 rings (SSSR count). The van der Waals surface area contributed by atoms with E-state index in [9.17, 15) is 14.4 Å². The Hall–Kier alpha value is -2.84. The highest BCUT2D eigenvalue weighted by atomic mass is 79.9. The van der Waals surface area contributed by atoms with Gasteiger partial charge in [0.2, 0.25) is 0 Å². The van der Waals surface area contributed by atoms with Crippen LogP contribution in [0.1, 0.15) is 45.7 Å². The zero-order valence-corrected chi connectivity index (χ0v) is 22.7. The number of rotatable bonds is 5. The van der Waals surface area contributed by atoms with Crippen molar-refractivity contribution < 1.29 is 28.6 Å². The molecule has 2 amide bonds. The number of hydrogen-bond acceptors (Lipinski definition) is 6. The number of amides is 2. The lowest BCUT2D eigenvalue weighted by molar-refractivity contribution is -0.152. The Morgan fingerprint density at radius 3 is 2.40 bits per heavy atom. The second-order valence-corrected chi connectivity index (χ2v) is 11.0. The van der Waals surface area contributed by atoms with E-state index in [-0.39, 0.29) is 12.2 Å². The molecule has 0 N–H and O–H groups in total. The van der Waals surface area contributed by atoms with Crippen LogP contribution >= 0.6 is 27.5 Å². The Bertz CT molecular complexity index is 1210. The number of esters is 1. The summed E-state index contributed by atoms with van der Waals surface area (Å²) in [5.41, 5.74) is 0.0541. The van der Waals surface area contributed by atoms with Gasteiger partial charge in [-0.3, -0.25) is 9.59 Å². The number of hydrogen-bond donors (Lipinski definition) is 0. The highest BCUT2D eigenvalue weighted by molar-refractivity contribution is 9.10. The second kappa shape index (κ2) is 10.0. The zero-order valence-electron chi connectivity index (χ0n) is 20.4. The first-order valence-electron chi connectivity index (χ1n) is 10.8. The molecule has 0 atom stereocenters. The van der Waals surface area contributed by atoms with Gasteiger partial charge < -0.3 is 14.2 Å². The molecule has 2 aromatic rings. The van der Waals surface area contributed by atoms with Crippen molar-refractivity contribution in [3.8, 4) is 5.75 Å². The maximum absolute atomic E-state index is 13.4. The monoisotopic (exact) mass is 563 g/mol. The van der Waals surface area contributed by atoms with Gasteiger partial charge >= 0.3 is 12.1 Å². The largest absolute Gasteiger partial charge is 0.492 e. The lowest BCUT2D eigenvalue weighted by Gasteiger charge is -2.23. The molecule has 0 radical (unpaired) electrons. The van der Waals surface area contributed by atoms with Crippen LogP contribution in [0, 0.1) is 5.41 Å². The Morgan fingerprint density at radius 1 is 1.09 bits per heavy atom. The van der Waals surface area contributed by atoms with E-state index >= 15 is 0 Å². The van der Waals surface area contributed by atoms with Gasteiger partial charge in [0.05, 0.1) is 23.8 Å². The van der Waals surface area contributed by atoms with Crippen molar-refractivity contribution in [3.05, 3.63) is 57.0 Å². The van der Waals surface area contributed by atoms with E-state index in [0.717, 1.165) is 9.37 Å². The number of halogens is 2. The van der Waals surface area contributed by atoms with Crippen molar-refractivity contribution in [2.45, 2.75) is 40.2 Å². The molecular weight excluding hydrogens is 538 g/mol. The summed E-state index contributed by atoms with van der Waals surface area (Å²) in [5.74, 6) is -0.492. The third kappa shape index (κ3) is 6.05. The molecule has 186 valence electrons. The third-order valence-electron chi connectivity index (χ3n) is 5.10. The fourth-order valence-corrected chi connectivity index (χ4v) is 3.95. The van der Waals surface area contributed by atoms with Gasteiger partial charge in [0.25, 0.3) is 5.91 Å². The highest BCUT2D eigenvalue weighted by Gasteiger charge is 2.39. The van der Waals surface area contributed by atoms with Crippen molar-refractivity contribution in [1.29, 1.82) is 0 Å². The van der Waals surface area contributed by atoms with Crippen LogP contribution in [0.2, 0.25) is 5.02 Å². The molecule has 35 heavy (non-hydrogen) atoms. The average molecular weight is 565 g/mol. The first kappa shape index (κ1) is 26.8. The van der Waals surface area contributed by atoms with Crippen molar-refractivity contribution >= 4 is 62.8 Å². The number of carbonyl (C=O) groups excluding carboxylic acids is 3. The summed E-state index contributed by atoms with van der Waals surface area (Å²) in [6.45, 7) is 8.66. The SMILES string of the molecule is COC(=O)C(C)(C)COc1ccc(Br)cc1/C=C1/C(=O)N(C(=O)OC(C)(C)C)c2cc(Cl)ccc21. The van der Waals surface area contributed by atoms with Crippen LogP contribution in [0.15, 0.2) is 40.9 Å². The number of fused-ring (bicyclic) bond motifs is 1. The normalized spacial score (nSPS) is 14.7. The highest BCUT2D eigenvalue weighted by Crippen LogP contribution is 2.41. The lowest BCUT2D eigenvalue weighted by atomic mass is 9.95. The number of anilines is 1. The van der Waals surface area contributed by atoms with E-state index in [1.165, 1.54) is 7.11 Å². The summed E-state index contributed by atoms with van der Waals surface area (Å²) in [5, 5.41) is 0.378. The molecule has 1 aliphatic rings. The van der Waals surface area contributed by atoms with Crippen LogP contribution in [0.4, 0.5) is 10.5 Å². The van der Waals surface area contributed by atoms with E-state index in [1.807, 2.05) is 0 Å². The number of carbonyl (C=O) groups is 3. The molecule has 7 nitrogen and oxygen atoms in total. The molecule has 9 heteroatoms. The van der Waals surface area contributed by atoms with Gasteiger partial charge in [-0.1, -0.05) is 33.6 Å². The molecule has 0 saturated carbocycles. The number of benzene rings is 2. The van der Waals surface area contributed by atoms with Gasteiger partial charge in [0.15, 0.2) is 0 Å². The van der Waals surface area contributed by atoms with Crippen LogP contribution in [-0.4, -0.2) is 37.3 Å². The Labute approximate surface area is 218 Å². The summed E-state index contributed by atoms with van der Waals surface area (Å²) in [6.07, 6.45) is 0.852. The third-order valence-corrected chi connectivity index (χ3v) is 5.83. The maximum atomic E-state index is 13.4. The molecule has 0 aliphatic carbocycles. The fraction of sp³-hybridized carbons (Fsp3) is 0.346. The van der Waals surface area contributed by atoms with Crippen LogP contribution in [0.25, 0.3) is 11.6 Å². The molecule has 1 heterocycles. The minimum absolute atomic E-state index is 0.0572. The van der Waals surface area contributed by atoms with Gasteiger partial charge in [-0.2, -0.15) is 0 Å². The van der Waals surface area contributed by atoms with Gasteiger partial charge in [-0.25, -0.2) is 9.69 Å². The van der Waals surface area contributed by atoms with Crippen LogP contribution in [-0.2, 0) is 19.1 Å². The summed E-state index contributed by atoms with van der Waals surface area (Å²) >= 11 is 9.63. The first-order chi connectivity index (χ1) is 16.2. The minimum atomic E-state index is -0.883. The molecule has 2 aromatic carbocycles. The molecule has 0 spiro atoms. The first-order valence-corrected chi connectivity index (χ1v) is 12.0. The van der Waals surface area contributed by atoms with Gasteiger partial charge in [0.1, 0.15) is 18.0 Å². The zero-order chi connectivity index (χ0) is 26.1. The Morgan fingerprint density at radius 2 is 1.77 bits per heavy atom. The predicted molar refractivity (Wildman–Crippen MR) is 138 cm³/mol. The van der Waals surface area contributed by atoms with Crippen molar-refractivity contribution in [3.63, 3.8) is 0 Å². The van der Waals surface area contributed by atoms with E-state index < -0.39 is 29.0 Å². The summed E-state index contributed by atoms with van der Waals surface area (Å²) in [6, 6.07) is 10.2. The van der Waals surface area contributed by atoms with Crippen molar-refractivity contribution in [1.82, 2.24) is 0 Å². The van der Waals surface area contributed by atoms with Crippen LogP contribution in [0.3, 0.4) is 0 Å². The topological polar surface area (TPSA) is 82.1 Å². The van der Waals surface area contributed by atoms with Crippen LogP contribution < -0.4 is 9.64 Å². The fourth-order valence-electron chi connectivity index (χ4n) is 3.40. The second-order valence-electron chi connectivity index (χ2n) is 9.69. The number of methoxy groups -OCH3 is 1. The molecule has 0 aromatic heterocycles. The van der Waals surface area contributed by atoms with Crippen molar-refractivity contribution in [2.75, 3.05) is 18.6 Å². The van der Waals surface area contributed by atoms with Crippen molar-refractivity contribution in [2.24, 2.45) is 5.41 Å². The predicted octanol–water partition coefficient (Wildman–Crippen LogP) is 6.50. The quantitative estimate of drug-likeness (QED) is 0.304. The summed E-state index contributed by atoms with van der Waals surface area (Å²) < 4.78 is 17.0. The number of imide groups is 1. The Kier molecular flexibility index (Phi) is 7.67. The van der Waals surface area contributed by atoms with E-state index in [2.05, 4.69) is 15.9 Å². The molecular formula is C26H27BrClNO6.